The van der Waals surface area contributed by atoms with E-state index in [9.17, 15) is 0 Å². The third-order valence-electron chi connectivity index (χ3n) is 2.83. The van der Waals surface area contributed by atoms with Gasteiger partial charge in [0.15, 0.2) is 0 Å². The van der Waals surface area contributed by atoms with Crippen molar-refractivity contribution in [1.82, 2.24) is 14.8 Å². The molecule has 0 aromatic carbocycles. The van der Waals surface area contributed by atoms with Gasteiger partial charge in [-0.15, -0.1) is 10.2 Å². The van der Waals surface area contributed by atoms with E-state index < -0.39 is 0 Å². The van der Waals surface area contributed by atoms with Crippen LogP contribution in [-0.2, 0) is 13.0 Å². The van der Waals surface area contributed by atoms with Crippen LogP contribution in [0.4, 0.5) is 0 Å². The second-order valence-corrected chi connectivity index (χ2v) is 3.88. The summed E-state index contributed by atoms with van der Waals surface area (Å²) in [5.74, 6) is 2.49. The predicted octanol–water partition coefficient (Wildman–Crippen LogP) is 0.675. The maximum Gasteiger partial charge on any atom is 0.137 e. The molecule has 1 aromatic rings. The van der Waals surface area contributed by atoms with E-state index in [2.05, 4.69) is 21.7 Å². The normalized spacial score (nSPS) is 19.9. The molecule has 2 rings (SSSR count). The van der Waals surface area contributed by atoms with Crippen LogP contribution in [0.25, 0.3) is 0 Å². The van der Waals surface area contributed by atoms with Crippen molar-refractivity contribution < 1.29 is 0 Å². The maximum absolute atomic E-state index is 5.84. The first kappa shape index (κ1) is 8.69. The van der Waals surface area contributed by atoms with Gasteiger partial charge in [-0.1, -0.05) is 6.92 Å². The van der Waals surface area contributed by atoms with Gasteiger partial charge in [0.2, 0.25) is 0 Å². The molecular weight excluding hydrogens is 164 g/mol. The number of nitrogens with zero attached hydrogens (tertiary/aromatic N) is 3. The molecule has 2 heterocycles. The highest BCUT2D eigenvalue weighted by Gasteiger charge is 2.22. The summed E-state index contributed by atoms with van der Waals surface area (Å²) in [6.45, 7) is 5.19. The Labute approximate surface area is 78.1 Å². The van der Waals surface area contributed by atoms with Gasteiger partial charge in [0, 0.05) is 24.9 Å². The first-order valence-corrected chi connectivity index (χ1v) is 4.87. The third-order valence-corrected chi connectivity index (χ3v) is 2.83. The van der Waals surface area contributed by atoms with E-state index in [0.29, 0.717) is 5.92 Å². The number of hydrogen-bond donors (Lipinski definition) is 1. The minimum Gasteiger partial charge on any atom is -0.327 e. The number of fused-ring (bicyclic) bond motifs is 1. The fraction of sp³-hybridized carbons (Fsp3) is 0.778. The van der Waals surface area contributed by atoms with Crippen LogP contribution in [0.1, 0.15) is 37.8 Å². The van der Waals surface area contributed by atoms with E-state index in [0.717, 1.165) is 24.6 Å². The lowest BCUT2D eigenvalue weighted by atomic mass is 10.0. The van der Waals surface area contributed by atoms with Gasteiger partial charge >= 0.3 is 0 Å². The fourth-order valence-electron chi connectivity index (χ4n) is 1.75. The summed E-state index contributed by atoms with van der Waals surface area (Å²) in [6.07, 6.45) is 2.27. The lowest BCUT2D eigenvalue weighted by Crippen LogP contribution is -2.25. The van der Waals surface area contributed by atoms with E-state index in [-0.39, 0.29) is 6.04 Å². The average Bonchev–Trinajstić information content (AvgIpc) is 2.61. The van der Waals surface area contributed by atoms with Gasteiger partial charge in [-0.2, -0.15) is 0 Å². The van der Waals surface area contributed by atoms with Crippen molar-refractivity contribution in [2.24, 2.45) is 5.73 Å². The topological polar surface area (TPSA) is 56.7 Å². The molecular formula is C9H16N4. The monoisotopic (exact) mass is 180 g/mol. The largest absolute Gasteiger partial charge is 0.327 e. The van der Waals surface area contributed by atoms with Crippen molar-refractivity contribution in [3.63, 3.8) is 0 Å². The number of nitrogens with two attached hydrogens (primary N) is 1. The number of rotatable bonds is 2. The SMILES string of the molecule is CC(N)C(C)c1nnc2n1CCC2. The van der Waals surface area contributed by atoms with Gasteiger partial charge in [0.05, 0.1) is 0 Å². The minimum absolute atomic E-state index is 0.147. The van der Waals surface area contributed by atoms with Crippen LogP contribution in [0.3, 0.4) is 0 Å². The number of aromatic nitrogens is 3. The van der Waals surface area contributed by atoms with Crippen LogP contribution in [0.15, 0.2) is 0 Å². The Balaban J connectivity index is 2.30. The quantitative estimate of drug-likeness (QED) is 0.728. The number of hydrogen-bond acceptors (Lipinski definition) is 3. The molecule has 0 saturated carbocycles. The number of aryl methyl sites for hydroxylation is 1. The molecule has 0 bridgehead atoms. The van der Waals surface area contributed by atoms with Crippen molar-refractivity contribution in [1.29, 1.82) is 0 Å². The van der Waals surface area contributed by atoms with Crippen LogP contribution in [0.2, 0.25) is 0 Å². The molecule has 0 radical (unpaired) electrons. The molecule has 4 nitrogen and oxygen atoms in total. The van der Waals surface area contributed by atoms with E-state index in [1.807, 2.05) is 6.92 Å². The van der Waals surface area contributed by atoms with Crippen molar-refractivity contribution in [3.05, 3.63) is 11.6 Å². The van der Waals surface area contributed by atoms with Crippen LogP contribution in [0.5, 0.6) is 0 Å². The Morgan fingerprint density at radius 3 is 2.85 bits per heavy atom. The second-order valence-electron chi connectivity index (χ2n) is 3.88. The molecule has 1 aliphatic rings. The van der Waals surface area contributed by atoms with Gasteiger partial charge in [-0.3, -0.25) is 0 Å². The molecule has 2 N–H and O–H groups in total. The fourth-order valence-corrected chi connectivity index (χ4v) is 1.75. The van der Waals surface area contributed by atoms with Gasteiger partial charge in [-0.05, 0) is 13.3 Å². The second kappa shape index (κ2) is 3.10. The highest BCUT2D eigenvalue weighted by atomic mass is 15.3. The summed E-state index contributed by atoms with van der Waals surface area (Å²) >= 11 is 0. The molecule has 0 saturated heterocycles. The van der Waals surface area contributed by atoms with Gasteiger partial charge in [-0.25, -0.2) is 0 Å². The third kappa shape index (κ3) is 1.35. The van der Waals surface area contributed by atoms with Crippen LogP contribution >= 0.6 is 0 Å². The van der Waals surface area contributed by atoms with Gasteiger partial charge < -0.3 is 10.3 Å². The molecule has 1 aliphatic heterocycles. The lowest BCUT2D eigenvalue weighted by molar-refractivity contribution is 0.544. The lowest BCUT2D eigenvalue weighted by Gasteiger charge is -2.14. The summed E-state index contributed by atoms with van der Waals surface area (Å²) in [5.41, 5.74) is 5.84. The van der Waals surface area contributed by atoms with Crippen LogP contribution in [-0.4, -0.2) is 20.8 Å². The molecule has 2 unspecified atom stereocenters. The van der Waals surface area contributed by atoms with Crippen molar-refractivity contribution >= 4 is 0 Å². The summed E-state index contributed by atoms with van der Waals surface area (Å²) in [4.78, 5) is 0. The van der Waals surface area contributed by atoms with E-state index in [4.69, 9.17) is 5.73 Å². The summed E-state index contributed by atoms with van der Waals surface area (Å²) in [5, 5.41) is 8.35. The molecule has 0 amide bonds. The Kier molecular flexibility index (Phi) is 2.07. The summed E-state index contributed by atoms with van der Waals surface area (Å²) in [7, 11) is 0. The maximum atomic E-state index is 5.84. The zero-order chi connectivity index (χ0) is 9.42. The van der Waals surface area contributed by atoms with Crippen molar-refractivity contribution in [2.75, 3.05) is 0 Å². The Hall–Kier alpha value is -0.900. The highest BCUT2D eigenvalue weighted by Crippen LogP contribution is 2.21. The smallest absolute Gasteiger partial charge is 0.137 e. The first-order chi connectivity index (χ1) is 6.20. The minimum atomic E-state index is 0.147. The molecule has 13 heavy (non-hydrogen) atoms. The Morgan fingerprint density at radius 1 is 1.38 bits per heavy atom. The molecule has 72 valence electrons. The molecule has 4 heteroatoms. The van der Waals surface area contributed by atoms with Crippen LogP contribution < -0.4 is 5.73 Å². The molecule has 0 fully saturated rings. The molecule has 1 aromatic heterocycles. The van der Waals surface area contributed by atoms with E-state index in [1.54, 1.807) is 0 Å². The van der Waals surface area contributed by atoms with Crippen LogP contribution in [0, 0.1) is 0 Å². The zero-order valence-electron chi connectivity index (χ0n) is 8.20. The van der Waals surface area contributed by atoms with E-state index in [1.165, 1.54) is 6.42 Å². The van der Waals surface area contributed by atoms with Gasteiger partial charge in [0.25, 0.3) is 0 Å². The predicted molar refractivity (Wildman–Crippen MR) is 50.4 cm³/mol. The summed E-state index contributed by atoms with van der Waals surface area (Å²) in [6, 6.07) is 0.147. The highest BCUT2D eigenvalue weighted by molar-refractivity contribution is 5.06. The Morgan fingerprint density at radius 2 is 2.15 bits per heavy atom. The zero-order valence-corrected chi connectivity index (χ0v) is 8.20. The first-order valence-electron chi connectivity index (χ1n) is 4.87. The summed E-state index contributed by atoms with van der Waals surface area (Å²) < 4.78 is 2.22. The standard InChI is InChI=1S/C9H16N4/c1-6(7(2)10)9-12-11-8-4-3-5-13(8)9/h6-7H,3-5,10H2,1-2H3. The molecule has 0 aliphatic carbocycles. The van der Waals surface area contributed by atoms with Crippen molar-refractivity contribution in [2.45, 2.75) is 45.2 Å². The molecule has 0 spiro atoms. The average molecular weight is 180 g/mol. The molecule has 2 atom stereocenters. The van der Waals surface area contributed by atoms with Crippen molar-refractivity contribution in [3.8, 4) is 0 Å². The van der Waals surface area contributed by atoms with Gasteiger partial charge in [0.1, 0.15) is 11.6 Å². The Bertz CT molecular complexity index is 303. The van der Waals surface area contributed by atoms with E-state index >= 15 is 0 Å².